The second-order valence-electron chi connectivity index (χ2n) is 7.08. The van der Waals surface area contributed by atoms with Crippen LogP contribution in [0, 0.1) is 0 Å². The SMILES string of the molecule is COc1cc(CCc2cc(NC(=O)Cc3csc(-c4ccccn4)n3)n[nH]2)cc(OC)c1. The van der Waals surface area contributed by atoms with Crippen molar-refractivity contribution in [2.75, 3.05) is 19.5 Å². The van der Waals surface area contributed by atoms with E-state index in [-0.39, 0.29) is 12.3 Å². The molecular formula is C23H23N5O3S. The Hall–Kier alpha value is -3.72. The van der Waals surface area contributed by atoms with E-state index in [0.29, 0.717) is 11.5 Å². The van der Waals surface area contributed by atoms with Crippen LogP contribution in [0.15, 0.2) is 54.0 Å². The molecule has 0 spiro atoms. The third-order valence-electron chi connectivity index (χ3n) is 4.77. The van der Waals surface area contributed by atoms with Gasteiger partial charge in [-0.15, -0.1) is 11.3 Å². The Bertz CT molecular complexity index is 1170. The first-order valence-corrected chi connectivity index (χ1v) is 10.9. The molecule has 0 unspecified atom stereocenters. The van der Waals surface area contributed by atoms with Crippen LogP contribution < -0.4 is 14.8 Å². The number of hydrogen-bond acceptors (Lipinski definition) is 7. The number of amides is 1. The number of nitrogens with one attached hydrogen (secondary N) is 2. The second-order valence-corrected chi connectivity index (χ2v) is 7.94. The number of pyridine rings is 1. The lowest BCUT2D eigenvalue weighted by molar-refractivity contribution is -0.115. The van der Waals surface area contributed by atoms with Crippen molar-refractivity contribution in [2.24, 2.45) is 0 Å². The van der Waals surface area contributed by atoms with Crippen molar-refractivity contribution in [3.05, 3.63) is 71.0 Å². The molecule has 0 atom stereocenters. The summed E-state index contributed by atoms with van der Waals surface area (Å²) in [5.41, 5.74) is 3.52. The summed E-state index contributed by atoms with van der Waals surface area (Å²) in [5, 5.41) is 12.7. The summed E-state index contributed by atoms with van der Waals surface area (Å²) < 4.78 is 10.6. The molecule has 9 heteroatoms. The summed E-state index contributed by atoms with van der Waals surface area (Å²) in [6, 6.07) is 13.3. The van der Waals surface area contributed by atoms with E-state index in [4.69, 9.17) is 9.47 Å². The van der Waals surface area contributed by atoms with Gasteiger partial charge in [0.2, 0.25) is 5.91 Å². The van der Waals surface area contributed by atoms with Gasteiger partial charge in [0.25, 0.3) is 0 Å². The number of hydrogen-bond donors (Lipinski definition) is 2. The largest absolute Gasteiger partial charge is 0.497 e. The molecule has 0 fully saturated rings. The van der Waals surface area contributed by atoms with Gasteiger partial charge in [0.1, 0.15) is 16.5 Å². The maximum atomic E-state index is 12.4. The molecule has 4 aromatic rings. The Balaban J connectivity index is 1.31. The number of rotatable bonds is 9. The standard InChI is InChI=1S/C23H23N5O3S/c1-30-18-9-15(10-19(13-18)31-2)6-7-16-11-21(28-27-16)26-22(29)12-17-14-32-23(25-17)20-5-3-4-8-24-20/h3-5,8-11,13-14H,6-7,12H2,1-2H3,(H2,26,27,28,29). The maximum Gasteiger partial charge on any atom is 0.231 e. The number of benzene rings is 1. The highest BCUT2D eigenvalue weighted by Gasteiger charge is 2.12. The zero-order chi connectivity index (χ0) is 22.3. The van der Waals surface area contributed by atoms with Crippen LogP contribution in [0.3, 0.4) is 0 Å². The fourth-order valence-electron chi connectivity index (χ4n) is 3.19. The Kier molecular flexibility index (Phi) is 6.76. The lowest BCUT2D eigenvalue weighted by atomic mass is 10.1. The Morgan fingerprint density at radius 3 is 2.62 bits per heavy atom. The van der Waals surface area contributed by atoms with Crippen LogP contribution in [-0.4, -0.2) is 40.3 Å². The highest BCUT2D eigenvalue weighted by Crippen LogP contribution is 2.24. The number of H-pyrrole nitrogens is 1. The first kappa shape index (κ1) is 21.5. The molecule has 4 rings (SSSR count). The minimum absolute atomic E-state index is 0.168. The minimum Gasteiger partial charge on any atom is -0.497 e. The number of anilines is 1. The van der Waals surface area contributed by atoms with Crippen molar-refractivity contribution in [2.45, 2.75) is 19.3 Å². The highest BCUT2D eigenvalue weighted by molar-refractivity contribution is 7.13. The van der Waals surface area contributed by atoms with Crippen LogP contribution in [0.25, 0.3) is 10.7 Å². The molecule has 0 aliphatic heterocycles. The number of aryl methyl sites for hydroxylation is 2. The van der Waals surface area contributed by atoms with Crippen molar-refractivity contribution in [3.8, 4) is 22.2 Å². The van der Waals surface area contributed by atoms with Gasteiger partial charge < -0.3 is 14.8 Å². The van der Waals surface area contributed by atoms with E-state index in [1.54, 1.807) is 20.4 Å². The predicted molar refractivity (Wildman–Crippen MR) is 123 cm³/mol. The zero-order valence-electron chi connectivity index (χ0n) is 17.8. The van der Waals surface area contributed by atoms with Crippen molar-refractivity contribution in [1.82, 2.24) is 20.2 Å². The topological polar surface area (TPSA) is 102 Å². The van der Waals surface area contributed by atoms with Crippen LogP contribution in [0.5, 0.6) is 11.5 Å². The van der Waals surface area contributed by atoms with E-state index in [2.05, 4.69) is 25.5 Å². The number of carbonyl (C=O) groups excluding carboxylic acids is 1. The fourth-order valence-corrected chi connectivity index (χ4v) is 3.99. The molecule has 0 radical (unpaired) electrons. The van der Waals surface area contributed by atoms with Gasteiger partial charge in [-0.25, -0.2) is 4.98 Å². The van der Waals surface area contributed by atoms with E-state index in [9.17, 15) is 4.79 Å². The monoisotopic (exact) mass is 449 g/mol. The van der Waals surface area contributed by atoms with Crippen molar-refractivity contribution in [1.29, 1.82) is 0 Å². The molecule has 8 nitrogen and oxygen atoms in total. The van der Waals surface area contributed by atoms with E-state index in [0.717, 1.165) is 46.3 Å². The smallest absolute Gasteiger partial charge is 0.231 e. The molecule has 1 aromatic carbocycles. The summed E-state index contributed by atoms with van der Waals surface area (Å²) in [7, 11) is 3.26. The highest BCUT2D eigenvalue weighted by atomic mass is 32.1. The first-order valence-electron chi connectivity index (χ1n) is 10.0. The van der Waals surface area contributed by atoms with Crippen LogP contribution >= 0.6 is 11.3 Å². The molecule has 0 saturated heterocycles. The van der Waals surface area contributed by atoms with Crippen LogP contribution in [0.4, 0.5) is 5.82 Å². The van der Waals surface area contributed by atoms with Crippen LogP contribution in [0.2, 0.25) is 0 Å². The molecule has 1 amide bonds. The van der Waals surface area contributed by atoms with Gasteiger partial charge in [0.15, 0.2) is 5.82 Å². The number of methoxy groups -OCH3 is 2. The Morgan fingerprint density at radius 2 is 1.91 bits per heavy atom. The van der Waals surface area contributed by atoms with Gasteiger partial charge >= 0.3 is 0 Å². The molecule has 0 aliphatic carbocycles. The normalized spacial score (nSPS) is 10.7. The van der Waals surface area contributed by atoms with Gasteiger partial charge in [0, 0.05) is 29.4 Å². The lowest BCUT2D eigenvalue weighted by Crippen LogP contribution is -2.14. The molecule has 164 valence electrons. The third kappa shape index (κ3) is 5.50. The number of aromatic nitrogens is 4. The summed E-state index contributed by atoms with van der Waals surface area (Å²) in [6.07, 6.45) is 3.41. The number of nitrogens with zero attached hydrogens (tertiary/aromatic N) is 3. The van der Waals surface area contributed by atoms with Crippen molar-refractivity contribution in [3.63, 3.8) is 0 Å². The summed E-state index contributed by atoms with van der Waals surface area (Å²) in [5.74, 6) is 1.84. The molecule has 32 heavy (non-hydrogen) atoms. The van der Waals surface area contributed by atoms with Gasteiger partial charge in [-0.2, -0.15) is 5.10 Å². The maximum absolute atomic E-state index is 12.4. The Morgan fingerprint density at radius 1 is 1.09 bits per heavy atom. The lowest BCUT2D eigenvalue weighted by Gasteiger charge is -2.08. The molecule has 0 bridgehead atoms. The quantitative estimate of drug-likeness (QED) is 0.402. The average Bonchev–Trinajstić information content (AvgIpc) is 3.47. The van der Waals surface area contributed by atoms with Gasteiger partial charge in [-0.05, 0) is 42.7 Å². The summed E-state index contributed by atoms with van der Waals surface area (Å²) in [6.45, 7) is 0. The fraction of sp³-hybridized carbons (Fsp3) is 0.217. The van der Waals surface area contributed by atoms with Crippen molar-refractivity contribution >= 4 is 23.1 Å². The number of carbonyl (C=O) groups is 1. The third-order valence-corrected chi connectivity index (χ3v) is 5.68. The summed E-state index contributed by atoms with van der Waals surface area (Å²) >= 11 is 1.47. The molecule has 0 saturated carbocycles. The Labute approximate surface area is 189 Å². The number of aromatic amines is 1. The second kappa shape index (κ2) is 10.1. The molecule has 2 N–H and O–H groups in total. The van der Waals surface area contributed by atoms with E-state index < -0.39 is 0 Å². The van der Waals surface area contributed by atoms with E-state index in [1.807, 2.05) is 47.8 Å². The molecule has 3 aromatic heterocycles. The van der Waals surface area contributed by atoms with E-state index >= 15 is 0 Å². The minimum atomic E-state index is -0.168. The molecule has 3 heterocycles. The number of ether oxygens (including phenoxy) is 2. The first-order chi connectivity index (χ1) is 15.6. The molecular weight excluding hydrogens is 426 g/mol. The van der Waals surface area contributed by atoms with Gasteiger partial charge in [-0.1, -0.05) is 6.07 Å². The zero-order valence-corrected chi connectivity index (χ0v) is 18.6. The van der Waals surface area contributed by atoms with Gasteiger partial charge in [0.05, 0.1) is 32.0 Å². The molecule has 0 aliphatic rings. The summed E-state index contributed by atoms with van der Waals surface area (Å²) in [4.78, 5) is 21.2. The van der Waals surface area contributed by atoms with Crippen LogP contribution in [0.1, 0.15) is 17.0 Å². The van der Waals surface area contributed by atoms with Crippen molar-refractivity contribution < 1.29 is 14.3 Å². The predicted octanol–water partition coefficient (Wildman–Crippen LogP) is 3.91. The van der Waals surface area contributed by atoms with E-state index in [1.165, 1.54) is 11.3 Å². The van der Waals surface area contributed by atoms with Crippen LogP contribution in [-0.2, 0) is 24.1 Å². The van der Waals surface area contributed by atoms with Gasteiger partial charge in [-0.3, -0.25) is 14.9 Å². The number of thiazole rings is 1. The average molecular weight is 450 g/mol.